The molecule has 0 aromatic heterocycles. The predicted molar refractivity (Wildman–Crippen MR) is 84.5 cm³/mol. The molecule has 0 atom stereocenters. The summed E-state index contributed by atoms with van der Waals surface area (Å²) in [6, 6.07) is 6.29. The van der Waals surface area contributed by atoms with Crippen LogP contribution in [0.4, 0.5) is 0 Å². The molecule has 19 heavy (non-hydrogen) atoms. The van der Waals surface area contributed by atoms with Gasteiger partial charge in [0, 0.05) is 38.3 Å². The van der Waals surface area contributed by atoms with Gasteiger partial charge >= 0.3 is 0 Å². The summed E-state index contributed by atoms with van der Waals surface area (Å²) in [6.07, 6.45) is 0. The van der Waals surface area contributed by atoms with Crippen LogP contribution in [-0.2, 0) is 6.54 Å². The Kier molecular flexibility index (Phi) is 4.91. The van der Waals surface area contributed by atoms with Crippen molar-refractivity contribution in [3.8, 4) is 0 Å². The van der Waals surface area contributed by atoms with Gasteiger partial charge in [0.15, 0.2) is 0 Å². The first-order chi connectivity index (χ1) is 9.10. The molecule has 1 heterocycles. The predicted octanol–water partition coefficient (Wildman–Crippen LogP) is 1.77. The molecule has 1 aliphatic heterocycles. The normalized spacial score (nSPS) is 17.6. The van der Waals surface area contributed by atoms with E-state index in [1.165, 1.54) is 24.2 Å². The molecule has 1 aromatic carbocycles. The Bertz CT molecular complexity index is 451. The third kappa shape index (κ3) is 3.75. The molecule has 2 N–H and O–H groups in total. The van der Waals surface area contributed by atoms with Crippen molar-refractivity contribution in [1.29, 1.82) is 0 Å². The van der Waals surface area contributed by atoms with Gasteiger partial charge < -0.3 is 10.6 Å². The number of nitrogens with zero attached hydrogens (tertiary/aromatic N) is 2. The lowest BCUT2D eigenvalue weighted by atomic mass is 10.0. The molecular weight excluding hydrogens is 254 g/mol. The van der Waals surface area contributed by atoms with E-state index >= 15 is 0 Å². The van der Waals surface area contributed by atoms with Crippen molar-refractivity contribution in [3.63, 3.8) is 0 Å². The van der Waals surface area contributed by atoms with Gasteiger partial charge in [-0.15, -0.1) is 0 Å². The largest absolute Gasteiger partial charge is 0.389 e. The minimum absolute atomic E-state index is 0.478. The van der Waals surface area contributed by atoms with Crippen molar-refractivity contribution in [2.24, 2.45) is 5.73 Å². The zero-order chi connectivity index (χ0) is 13.8. The van der Waals surface area contributed by atoms with Gasteiger partial charge in [0.2, 0.25) is 0 Å². The molecular formula is C15H23N3S. The van der Waals surface area contributed by atoms with E-state index in [1.807, 2.05) is 6.07 Å². The second-order valence-corrected chi connectivity index (χ2v) is 5.66. The molecule has 0 aliphatic carbocycles. The third-order valence-electron chi connectivity index (χ3n) is 3.93. The molecule has 0 amide bonds. The number of benzene rings is 1. The van der Waals surface area contributed by atoms with Crippen molar-refractivity contribution >= 4 is 17.2 Å². The van der Waals surface area contributed by atoms with Crippen LogP contribution < -0.4 is 5.73 Å². The second kappa shape index (κ2) is 6.46. The Labute approximate surface area is 121 Å². The fourth-order valence-electron chi connectivity index (χ4n) is 2.53. The highest BCUT2D eigenvalue weighted by atomic mass is 32.1. The smallest absolute Gasteiger partial charge is 0.103 e. The van der Waals surface area contributed by atoms with Crippen LogP contribution in [0.15, 0.2) is 18.2 Å². The van der Waals surface area contributed by atoms with E-state index in [0.29, 0.717) is 4.99 Å². The first-order valence-corrected chi connectivity index (χ1v) is 7.35. The molecule has 3 nitrogen and oxygen atoms in total. The Morgan fingerprint density at radius 3 is 2.37 bits per heavy atom. The van der Waals surface area contributed by atoms with Crippen molar-refractivity contribution in [1.82, 2.24) is 9.80 Å². The summed E-state index contributed by atoms with van der Waals surface area (Å²) in [5.74, 6) is 0. The first kappa shape index (κ1) is 14.4. The Balaban J connectivity index is 1.98. The van der Waals surface area contributed by atoms with Gasteiger partial charge in [0.05, 0.1) is 0 Å². The number of thiocarbonyl (C=S) groups is 1. The summed E-state index contributed by atoms with van der Waals surface area (Å²) >= 11 is 5.01. The number of likely N-dealkylation sites (N-methyl/N-ethyl adjacent to an activating group) is 1. The molecule has 0 saturated carbocycles. The highest BCUT2D eigenvalue weighted by molar-refractivity contribution is 7.80. The molecule has 1 saturated heterocycles. The van der Waals surface area contributed by atoms with E-state index in [0.717, 1.165) is 31.7 Å². The first-order valence-electron chi connectivity index (χ1n) is 6.94. The number of hydrogen-bond acceptors (Lipinski definition) is 3. The van der Waals surface area contributed by atoms with Crippen LogP contribution >= 0.6 is 12.2 Å². The third-order valence-corrected chi connectivity index (χ3v) is 4.17. The number of hydrogen-bond donors (Lipinski definition) is 1. The van der Waals surface area contributed by atoms with Gasteiger partial charge in [-0.25, -0.2) is 0 Å². The number of nitrogens with two attached hydrogens (primary N) is 1. The monoisotopic (exact) mass is 277 g/mol. The van der Waals surface area contributed by atoms with E-state index in [-0.39, 0.29) is 0 Å². The number of piperazine rings is 1. The average molecular weight is 277 g/mol. The SMILES string of the molecule is CCN1CCN(Cc2ccc(C(N)=S)cc2C)CC1. The molecule has 0 unspecified atom stereocenters. The van der Waals surface area contributed by atoms with E-state index in [2.05, 4.69) is 35.8 Å². The minimum atomic E-state index is 0.478. The molecule has 0 bridgehead atoms. The maximum absolute atomic E-state index is 5.66. The minimum Gasteiger partial charge on any atom is -0.389 e. The molecule has 2 rings (SSSR count). The summed E-state index contributed by atoms with van der Waals surface area (Å²) in [5.41, 5.74) is 9.29. The van der Waals surface area contributed by atoms with Gasteiger partial charge in [-0.05, 0) is 30.7 Å². The molecule has 104 valence electrons. The van der Waals surface area contributed by atoms with E-state index in [9.17, 15) is 0 Å². The van der Waals surface area contributed by atoms with Gasteiger partial charge in [0.1, 0.15) is 4.99 Å². The maximum atomic E-state index is 5.66. The second-order valence-electron chi connectivity index (χ2n) is 5.22. The summed E-state index contributed by atoms with van der Waals surface area (Å²) in [6.45, 7) is 11.2. The Hall–Kier alpha value is -0.970. The van der Waals surface area contributed by atoms with Crippen molar-refractivity contribution in [2.75, 3.05) is 32.7 Å². The number of rotatable bonds is 4. The maximum Gasteiger partial charge on any atom is 0.103 e. The Morgan fingerprint density at radius 2 is 1.84 bits per heavy atom. The van der Waals surface area contributed by atoms with Crippen LogP contribution in [0.1, 0.15) is 23.6 Å². The zero-order valence-corrected chi connectivity index (χ0v) is 12.7. The lowest BCUT2D eigenvalue weighted by molar-refractivity contribution is 0.132. The molecule has 1 aliphatic rings. The Morgan fingerprint density at radius 1 is 1.21 bits per heavy atom. The summed E-state index contributed by atoms with van der Waals surface area (Å²) in [5, 5.41) is 0. The van der Waals surface area contributed by atoms with Crippen LogP contribution in [-0.4, -0.2) is 47.5 Å². The fourth-order valence-corrected chi connectivity index (χ4v) is 2.66. The molecule has 4 heteroatoms. The van der Waals surface area contributed by atoms with Crippen LogP contribution in [0.3, 0.4) is 0 Å². The zero-order valence-electron chi connectivity index (χ0n) is 11.9. The van der Waals surface area contributed by atoms with Gasteiger partial charge in [0.25, 0.3) is 0 Å². The van der Waals surface area contributed by atoms with Crippen LogP contribution in [0.2, 0.25) is 0 Å². The van der Waals surface area contributed by atoms with Crippen LogP contribution in [0.25, 0.3) is 0 Å². The summed E-state index contributed by atoms with van der Waals surface area (Å²) < 4.78 is 0. The summed E-state index contributed by atoms with van der Waals surface area (Å²) in [4.78, 5) is 5.50. The van der Waals surface area contributed by atoms with Gasteiger partial charge in [-0.3, -0.25) is 4.90 Å². The van der Waals surface area contributed by atoms with E-state index in [1.54, 1.807) is 0 Å². The van der Waals surface area contributed by atoms with Gasteiger partial charge in [-0.1, -0.05) is 31.3 Å². The van der Waals surface area contributed by atoms with E-state index < -0.39 is 0 Å². The lowest BCUT2D eigenvalue weighted by Gasteiger charge is -2.34. The topological polar surface area (TPSA) is 32.5 Å². The molecule has 0 radical (unpaired) electrons. The highest BCUT2D eigenvalue weighted by Gasteiger charge is 2.16. The van der Waals surface area contributed by atoms with Crippen LogP contribution in [0, 0.1) is 6.92 Å². The van der Waals surface area contributed by atoms with Crippen molar-refractivity contribution in [2.45, 2.75) is 20.4 Å². The molecule has 1 fully saturated rings. The highest BCUT2D eigenvalue weighted by Crippen LogP contribution is 2.15. The number of aryl methyl sites for hydroxylation is 1. The lowest BCUT2D eigenvalue weighted by Crippen LogP contribution is -2.45. The van der Waals surface area contributed by atoms with Crippen molar-refractivity contribution in [3.05, 3.63) is 34.9 Å². The van der Waals surface area contributed by atoms with Crippen molar-refractivity contribution < 1.29 is 0 Å². The van der Waals surface area contributed by atoms with Gasteiger partial charge in [-0.2, -0.15) is 0 Å². The average Bonchev–Trinajstić information content (AvgIpc) is 2.41. The quantitative estimate of drug-likeness (QED) is 0.850. The standard InChI is InChI=1S/C15H23N3S/c1-3-17-6-8-18(9-7-17)11-14-5-4-13(15(16)19)10-12(14)2/h4-5,10H,3,6-9,11H2,1-2H3,(H2,16,19). The fraction of sp³-hybridized carbons (Fsp3) is 0.533. The van der Waals surface area contributed by atoms with Crippen LogP contribution in [0.5, 0.6) is 0 Å². The molecule has 0 spiro atoms. The molecule has 1 aromatic rings. The van der Waals surface area contributed by atoms with E-state index in [4.69, 9.17) is 18.0 Å². The summed E-state index contributed by atoms with van der Waals surface area (Å²) in [7, 11) is 0.